The Bertz CT molecular complexity index is 1040. The van der Waals surface area contributed by atoms with E-state index in [1.165, 1.54) is 11.3 Å². The summed E-state index contributed by atoms with van der Waals surface area (Å²) in [6, 6.07) is 3.85. The van der Waals surface area contributed by atoms with Crippen LogP contribution < -0.4 is 10.2 Å². The number of anilines is 1. The number of aromatic nitrogens is 3. The van der Waals surface area contributed by atoms with Gasteiger partial charge in [-0.3, -0.25) is 9.69 Å². The molecule has 0 spiro atoms. The average molecular weight is 443 g/mol. The van der Waals surface area contributed by atoms with E-state index >= 15 is 0 Å². The first kappa shape index (κ1) is 21.6. The summed E-state index contributed by atoms with van der Waals surface area (Å²) in [5.74, 6) is 0.472. The zero-order valence-corrected chi connectivity index (χ0v) is 18.4. The SMILES string of the molecule is CN(C)c1ncc(CN2CCO[C@@H](c3c(C(=O)NCCO)sc4ncccc34)C2)cn1. The molecule has 31 heavy (non-hydrogen) atoms. The van der Waals surface area contributed by atoms with Crippen LogP contribution in [0.2, 0.25) is 0 Å². The molecule has 4 heterocycles. The zero-order chi connectivity index (χ0) is 21.8. The number of aliphatic hydroxyl groups excluding tert-OH is 1. The molecule has 10 heteroatoms. The number of ether oxygens (including phenoxy) is 1. The smallest absolute Gasteiger partial charge is 0.261 e. The van der Waals surface area contributed by atoms with Gasteiger partial charge >= 0.3 is 0 Å². The molecule has 0 radical (unpaired) electrons. The standard InChI is InChI=1S/C21H26N6O3S/c1-26(2)21-24-10-14(11-25-21)12-27-7-9-30-16(13-27)17-15-4-3-5-23-20(15)31-18(17)19(29)22-6-8-28/h3-5,10-11,16,28H,6-9,12-13H2,1-2H3,(H,22,29)/t16-/m1/s1. The third-order valence-corrected chi connectivity index (χ3v) is 6.21. The van der Waals surface area contributed by atoms with E-state index in [0.717, 1.165) is 27.9 Å². The summed E-state index contributed by atoms with van der Waals surface area (Å²) in [7, 11) is 3.83. The van der Waals surface area contributed by atoms with Gasteiger partial charge in [0.1, 0.15) is 9.71 Å². The molecule has 2 N–H and O–H groups in total. The van der Waals surface area contributed by atoms with Crippen molar-refractivity contribution in [1.82, 2.24) is 25.2 Å². The Morgan fingerprint density at radius 3 is 2.90 bits per heavy atom. The molecule has 0 saturated carbocycles. The van der Waals surface area contributed by atoms with E-state index in [1.54, 1.807) is 6.20 Å². The molecular formula is C21H26N6O3S. The van der Waals surface area contributed by atoms with Crippen molar-refractivity contribution >= 4 is 33.4 Å². The summed E-state index contributed by atoms with van der Waals surface area (Å²) in [5.41, 5.74) is 1.90. The summed E-state index contributed by atoms with van der Waals surface area (Å²) in [6.45, 7) is 2.82. The molecular weight excluding hydrogens is 416 g/mol. The number of nitrogens with one attached hydrogen (secondary N) is 1. The Morgan fingerprint density at radius 1 is 1.35 bits per heavy atom. The average Bonchev–Trinajstić information content (AvgIpc) is 3.18. The molecule has 3 aromatic heterocycles. The maximum absolute atomic E-state index is 12.8. The number of carbonyl (C=O) groups is 1. The maximum atomic E-state index is 12.8. The molecule has 0 aromatic carbocycles. The van der Waals surface area contributed by atoms with E-state index < -0.39 is 0 Å². The van der Waals surface area contributed by atoms with Gasteiger partial charge in [0, 0.05) is 75.4 Å². The Labute approximate surface area is 184 Å². The van der Waals surface area contributed by atoms with E-state index in [1.807, 2.05) is 43.5 Å². The molecule has 0 unspecified atom stereocenters. The Balaban J connectivity index is 1.56. The molecule has 1 fully saturated rings. The number of thiophene rings is 1. The van der Waals surface area contributed by atoms with Crippen LogP contribution in [-0.2, 0) is 11.3 Å². The molecule has 4 rings (SSSR count). The van der Waals surface area contributed by atoms with E-state index in [4.69, 9.17) is 9.84 Å². The number of amides is 1. The van der Waals surface area contributed by atoms with Crippen molar-refractivity contribution in [3.8, 4) is 0 Å². The van der Waals surface area contributed by atoms with Crippen LogP contribution in [-0.4, -0.2) is 77.8 Å². The zero-order valence-electron chi connectivity index (χ0n) is 17.6. The second kappa shape index (κ2) is 9.65. The third-order valence-electron chi connectivity index (χ3n) is 5.08. The van der Waals surface area contributed by atoms with Crippen molar-refractivity contribution in [3.63, 3.8) is 0 Å². The number of hydrogen-bond acceptors (Lipinski definition) is 9. The van der Waals surface area contributed by atoms with Crippen LogP contribution >= 0.6 is 11.3 Å². The molecule has 1 atom stereocenters. The van der Waals surface area contributed by atoms with Crippen molar-refractivity contribution < 1.29 is 14.6 Å². The van der Waals surface area contributed by atoms with Crippen LogP contribution in [0.5, 0.6) is 0 Å². The van der Waals surface area contributed by atoms with Crippen molar-refractivity contribution in [3.05, 3.63) is 46.7 Å². The molecule has 1 amide bonds. The third kappa shape index (κ3) is 4.82. The van der Waals surface area contributed by atoms with Gasteiger partial charge in [-0.2, -0.15) is 0 Å². The summed E-state index contributed by atoms with van der Waals surface area (Å²) in [6.07, 6.45) is 5.18. The van der Waals surface area contributed by atoms with Crippen LogP contribution in [0.15, 0.2) is 30.7 Å². The number of carbonyl (C=O) groups excluding carboxylic acids is 1. The van der Waals surface area contributed by atoms with Crippen LogP contribution in [0.1, 0.15) is 26.9 Å². The largest absolute Gasteiger partial charge is 0.395 e. The normalized spacial score (nSPS) is 17.1. The van der Waals surface area contributed by atoms with Crippen molar-refractivity contribution in [1.29, 1.82) is 0 Å². The van der Waals surface area contributed by atoms with Gasteiger partial charge in [0.15, 0.2) is 0 Å². The minimum absolute atomic E-state index is 0.105. The summed E-state index contributed by atoms with van der Waals surface area (Å²) >= 11 is 1.36. The van der Waals surface area contributed by atoms with Gasteiger partial charge in [-0.25, -0.2) is 15.0 Å². The fourth-order valence-corrected chi connectivity index (χ4v) is 4.74. The van der Waals surface area contributed by atoms with E-state index in [-0.39, 0.29) is 25.2 Å². The highest BCUT2D eigenvalue weighted by Crippen LogP contribution is 2.37. The Kier molecular flexibility index (Phi) is 6.71. The first-order valence-corrected chi connectivity index (χ1v) is 11.0. The lowest BCUT2D eigenvalue weighted by Gasteiger charge is -2.33. The quantitative estimate of drug-likeness (QED) is 0.567. The predicted molar refractivity (Wildman–Crippen MR) is 119 cm³/mol. The second-order valence-corrected chi connectivity index (χ2v) is 8.56. The van der Waals surface area contributed by atoms with Gasteiger partial charge in [0.05, 0.1) is 19.3 Å². The molecule has 3 aromatic rings. The second-order valence-electron chi connectivity index (χ2n) is 7.56. The molecule has 0 aliphatic carbocycles. The molecule has 1 aliphatic rings. The van der Waals surface area contributed by atoms with Crippen LogP contribution in [0, 0.1) is 0 Å². The number of pyridine rings is 1. The molecule has 1 aliphatic heterocycles. The number of nitrogens with zero attached hydrogens (tertiary/aromatic N) is 5. The highest BCUT2D eigenvalue weighted by molar-refractivity contribution is 7.20. The first-order chi connectivity index (χ1) is 15.1. The van der Waals surface area contributed by atoms with Gasteiger partial charge < -0.3 is 20.1 Å². The molecule has 0 bridgehead atoms. The Morgan fingerprint density at radius 2 is 2.16 bits per heavy atom. The number of morpholine rings is 1. The highest BCUT2D eigenvalue weighted by Gasteiger charge is 2.30. The van der Waals surface area contributed by atoms with Crippen LogP contribution in [0.4, 0.5) is 5.95 Å². The fraction of sp³-hybridized carbons (Fsp3) is 0.429. The predicted octanol–water partition coefficient (Wildman–Crippen LogP) is 1.45. The van der Waals surface area contributed by atoms with E-state index in [9.17, 15) is 4.79 Å². The Hall–Kier alpha value is -2.66. The first-order valence-electron chi connectivity index (χ1n) is 10.2. The lowest BCUT2D eigenvalue weighted by Crippen LogP contribution is -2.38. The summed E-state index contributed by atoms with van der Waals surface area (Å²) in [5, 5.41) is 12.8. The maximum Gasteiger partial charge on any atom is 0.261 e. The molecule has 164 valence electrons. The lowest BCUT2D eigenvalue weighted by atomic mass is 10.0. The minimum atomic E-state index is -0.247. The van der Waals surface area contributed by atoms with Crippen molar-refractivity contribution in [2.24, 2.45) is 0 Å². The highest BCUT2D eigenvalue weighted by atomic mass is 32.1. The number of fused-ring (bicyclic) bond motifs is 1. The minimum Gasteiger partial charge on any atom is -0.395 e. The fourth-order valence-electron chi connectivity index (χ4n) is 3.63. The van der Waals surface area contributed by atoms with Gasteiger partial charge in [-0.05, 0) is 6.07 Å². The van der Waals surface area contributed by atoms with E-state index in [2.05, 4.69) is 25.2 Å². The van der Waals surface area contributed by atoms with Crippen molar-refractivity contribution in [2.45, 2.75) is 12.6 Å². The van der Waals surface area contributed by atoms with Gasteiger partial charge in [0.25, 0.3) is 5.91 Å². The molecule has 9 nitrogen and oxygen atoms in total. The van der Waals surface area contributed by atoms with E-state index in [0.29, 0.717) is 30.5 Å². The van der Waals surface area contributed by atoms with Gasteiger partial charge in [-0.1, -0.05) is 6.07 Å². The summed E-state index contributed by atoms with van der Waals surface area (Å²) < 4.78 is 6.11. The lowest BCUT2D eigenvalue weighted by molar-refractivity contribution is -0.0323. The van der Waals surface area contributed by atoms with Gasteiger partial charge in [-0.15, -0.1) is 11.3 Å². The van der Waals surface area contributed by atoms with Crippen LogP contribution in [0.25, 0.3) is 10.2 Å². The number of hydrogen-bond donors (Lipinski definition) is 2. The van der Waals surface area contributed by atoms with Crippen molar-refractivity contribution in [2.75, 3.05) is 51.8 Å². The molecule has 1 saturated heterocycles. The topological polar surface area (TPSA) is 104 Å². The number of aliphatic hydroxyl groups is 1. The monoisotopic (exact) mass is 442 g/mol. The van der Waals surface area contributed by atoms with Gasteiger partial charge in [0.2, 0.25) is 5.95 Å². The summed E-state index contributed by atoms with van der Waals surface area (Å²) in [4.78, 5) is 31.5. The number of rotatable bonds is 7. The van der Waals surface area contributed by atoms with Crippen LogP contribution in [0.3, 0.4) is 0 Å².